The maximum atomic E-state index is 13.0. The minimum Gasteiger partial charge on any atom is -0.325 e. The molecular weight excluding hydrogens is 475 g/mol. The van der Waals surface area contributed by atoms with Gasteiger partial charge in [0.15, 0.2) is 15.0 Å². The van der Waals surface area contributed by atoms with Crippen LogP contribution >= 0.6 is 11.8 Å². The Bertz CT molecular complexity index is 1210. The van der Waals surface area contributed by atoms with Gasteiger partial charge >= 0.3 is 6.18 Å². The fourth-order valence-corrected chi connectivity index (χ4v) is 7.74. The standard InChI is InChI=1S/C22H22F3N3O3S2/c1-13-6-14(2)8-17(7-13)28(21-27-18-11-33(30,31)12-19(18)32-21)10-20(29)26-16-5-3-4-15(9-16)22(23,24)25/h3-9,18-19H,10-12H2,1-2H3,(H,26,29)/t18-,19+/m1/s1. The number of aliphatic imine (C=N–C) groups is 1. The molecule has 2 aliphatic heterocycles. The molecule has 1 N–H and O–H groups in total. The number of thioether (sulfide) groups is 1. The first-order valence-electron chi connectivity index (χ1n) is 10.2. The van der Waals surface area contributed by atoms with Gasteiger partial charge in [0.2, 0.25) is 5.91 Å². The second-order valence-corrected chi connectivity index (χ2v) is 11.6. The van der Waals surface area contributed by atoms with Crippen LogP contribution in [0.5, 0.6) is 0 Å². The minimum atomic E-state index is -4.51. The summed E-state index contributed by atoms with van der Waals surface area (Å²) in [4.78, 5) is 19.1. The fourth-order valence-electron chi connectivity index (χ4n) is 3.96. The second-order valence-electron chi connectivity index (χ2n) is 8.27. The second kappa shape index (κ2) is 8.68. The summed E-state index contributed by atoms with van der Waals surface area (Å²) in [7, 11) is -3.13. The topological polar surface area (TPSA) is 78.8 Å². The molecule has 4 rings (SSSR count). The Morgan fingerprint density at radius 1 is 1.15 bits per heavy atom. The number of alkyl halides is 3. The molecule has 2 heterocycles. The molecule has 0 aromatic heterocycles. The maximum absolute atomic E-state index is 13.0. The Morgan fingerprint density at radius 3 is 2.48 bits per heavy atom. The van der Waals surface area contributed by atoms with E-state index in [2.05, 4.69) is 10.3 Å². The average molecular weight is 498 g/mol. The van der Waals surface area contributed by atoms with Gasteiger partial charge in [-0.1, -0.05) is 23.9 Å². The van der Waals surface area contributed by atoms with Crippen molar-refractivity contribution < 1.29 is 26.4 Å². The number of rotatable bonds is 4. The van der Waals surface area contributed by atoms with Crippen LogP contribution in [0.3, 0.4) is 0 Å². The summed E-state index contributed by atoms with van der Waals surface area (Å²) in [6, 6.07) is 9.84. The number of hydrogen-bond donors (Lipinski definition) is 1. The fraction of sp³-hybridized carbons (Fsp3) is 0.364. The van der Waals surface area contributed by atoms with Crippen LogP contribution in [-0.2, 0) is 20.8 Å². The highest BCUT2D eigenvalue weighted by Crippen LogP contribution is 2.37. The van der Waals surface area contributed by atoms with E-state index < -0.39 is 27.5 Å². The van der Waals surface area contributed by atoms with Crippen molar-refractivity contribution in [1.29, 1.82) is 0 Å². The smallest absolute Gasteiger partial charge is 0.325 e. The lowest BCUT2D eigenvalue weighted by Crippen LogP contribution is -2.36. The molecule has 1 fully saturated rings. The number of amides is 1. The molecule has 2 aromatic rings. The zero-order chi connectivity index (χ0) is 24.0. The number of halogens is 3. The number of aryl methyl sites for hydroxylation is 2. The molecule has 0 bridgehead atoms. The number of benzene rings is 2. The molecule has 176 valence electrons. The Balaban J connectivity index is 1.59. The molecule has 0 radical (unpaired) electrons. The highest BCUT2D eigenvalue weighted by Gasteiger charge is 2.44. The summed E-state index contributed by atoms with van der Waals surface area (Å²) < 4.78 is 62.8. The van der Waals surface area contributed by atoms with E-state index in [-0.39, 0.29) is 35.0 Å². The predicted octanol–water partition coefficient (Wildman–Crippen LogP) is 4.04. The Labute approximate surface area is 194 Å². The van der Waals surface area contributed by atoms with Crippen molar-refractivity contribution in [2.45, 2.75) is 31.3 Å². The van der Waals surface area contributed by atoms with E-state index in [1.807, 2.05) is 32.0 Å². The first-order valence-corrected chi connectivity index (χ1v) is 12.9. The van der Waals surface area contributed by atoms with Crippen molar-refractivity contribution in [1.82, 2.24) is 0 Å². The Hall–Kier alpha value is -2.53. The molecule has 6 nitrogen and oxygen atoms in total. The zero-order valence-corrected chi connectivity index (χ0v) is 19.5. The van der Waals surface area contributed by atoms with Crippen LogP contribution in [0.4, 0.5) is 24.5 Å². The molecular formula is C22H22F3N3O3S2. The number of sulfone groups is 1. The van der Waals surface area contributed by atoms with Crippen LogP contribution < -0.4 is 10.2 Å². The van der Waals surface area contributed by atoms with Gasteiger partial charge in [-0.05, 0) is 55.3 Å². The van der Waals surface area contributed by atoms with Crippen LogP contribution in [0.2, 0.25) is 0 Å². The average Bonchev–Trinajstić information content (AvgIpc) is 3.18. The summed E-state index contributed by atoms with van der Waals surface area (Å²) >= 11 is 1.32. The van der Waals surface area contributed by atoms with E-state index in [0.717, 1.165) is 23.3 Å². The number of anilines is 2. The van der Waals surface area contributed by atoms with Crippen LogP contribution in [0.25, 0.3) is 0 Å². The van der Waals surface area contributed by atoms with Gasteiger partial charge in [0, 0.05) is 16.6 Å². The van der Waals surface area contributed by atoms with Gasteiger partial charge in [-0.2, -0.15) is 13.2 Å². The number of hydrogen-bond acceptors (Lipinski definition) is 6. The largest absolute Gasteiger partial charge is 0.416 e. The Morgan fingerprint density at radius 2 is 1.85 bits per heavy atom. The first-order chi connectivity index (χ1) is 15.4. The highest BCUT2D eigenvalue weighted by atomic mass is 32.2. The summed E-state index contributed by atoms with van der Waals surface area (Å²) in [6.07, 6.45) is -4.51. The van der Waals surface area contributed by atoms with Gasteiger partial charge in [-0.3, -0.25) is 9.79 Å². The van der Waals surface area contributed by atoms with E-state index in [1.165, 1.54) is 23.9 Å². The predicted molar refractivity (Wildman–Crippen MR) is 125 cm³/mol. The SMILES string of the molecule is Cc1cc(C)cc(N(CC(=O)Nc2cccc(C(F)(F)F)c2)C2=N[C@@H]3CS(=O)(=O)C[C@@H]3S2)c1. The van der Waals surface area contributed by atoms with Crippen molar-refractivity contribution in [2.24, 2.45) is 4.99 Å². The summed E-state index contributed by atoms with van der Waals surface area (Å²) in [5.41, 5.74) is 1.84. The molecule has 1 amide bonds. The third kappa shape index (κ3) is 5.52. The number of fused-ring (bicyclic) bond motifs is 1. The van der Waals surface area contributed by atoms with Gasteiger partial charge in [0.05, 0.1) is 23.1 Å². The van der Waals surface area contributed by atoms with E-state index >= 15 is 0 Å². The number of carbonyl (C=O) groups is 1. The van der Waals surface area contributed by atoms with Gasteiger partial charge in [-0.25, -0.2) is 8.42 Å². The van der Waals surface area contributed by atoms with Gasteiger partial charge in [0.25, 0.3) is 0 Å². The number of amidine groups is 1. The van der Waals surface area contributed by atoms with Gasteiger partial charge < -0.3 is 10.2 Å². The van der Waals surface area contributed by atoms with Crippen molar-refractivity contribution >= 4 is 44.0 Å². The third-order valence-corrected chi connectivity index (χ3v) is 8.58. The van der Waals surface area contributed by atoms with Crippen LogP contribution in [0.15, 0.2) is 47.5 Å². The van der Waals surface area contributed by atoms with Crippen LogP contribution in [0, 0.1) is 13.8 Å². The molecule has 0 aliphatic carbocycles. The van der Waals surface area contributed by atoms with Crippen molar-refractivity contribution in [3.63, 3.8) is 0 Å². The number of carbonyl (C=O) groups excluding carboxylic acids is 1. The molecule has 0 spiro atoms. The number of nitrogens with zero attached hydrogens (tertiary/aromatic N) is 2. The lowest BCUT2D eigenvalue weighted by Gasteiger charge is -2.25. The molecule has 11 heteroatoms. The van der Waals surface area contributed by atoms with Gasteiger partial charge in [0.1, 0.15) is 6.54 Å². The van der Waals surface area contributed by atoms with Crippen molar-refractivity contribution in [3.05, 3.63) is 59.2 Å². The molecule has 1 saturated heterocycles. The molecule has 2 aromatic carbocycles. The monoisotopic (exact) mass is 497 g/mol. The summed E-state index contributed by atoms with van der Waals surface area (Å²) in [5.74, 6) is -0.501. The normalized spacial score (nSPS) is 21.4. The first kappa shape index (κ1) is 23.6. The Kier molecular flexibility index (Phi) is 6.21. The van der Waals surface area contributed by atoms with E-state index in [1.54, 1.807) is 4.90 Å². The van der Waals surface area contributed by atoms with Crippen LogP contribution in [0.1, 0.15) is 16.7 Å². The third-order valence-electron chi connectivity index (χ3n) is 5.33. The zero-order valence-electron chi connectivity index (χ0n) is 17.9. The van der Waals surface area contributed by atoms with E-state index in [9.17, 15) is 26.4 Å². The molecule has 33 heavy (non-hydrogen) atoms. The lowest BCUT2D eigenvalue weighted by molar-refractivity contribution is -0.137. The summed E-state index contributed by atoms with van der Waals surface area (Å²) in [6.45, 7) is 3.65. The van der Waals surface area contributed by atoms with E-state index in [0.29, 0.717) is 10.9 Å². The minimum absolute atomic E-state index is 0.0225. The van der Waals surface area contributed by atoms with Crippen LogP contribution in [-0.4, -0.2) is 48.8 Å². The molecule has 0 saturated carbocycles. The molecule has 2 atom stereocenters. The quantitative estimate of drug-likeness (QED) is 0.690. The number of nitrogens with one attached hydrogen (secondary N) is 1. The van der Waals surface area contributed by atoms with Crippen molar-refractivity contribution in [2.75, 3.05) is 28.3 Å². The molecule has 0 unspecified atom stereocenters. The summed E-state index contributed by atoms with van der Waals surface area (Å²) in [5, 5.41) is 2.86. The van der Waals surface area contributed by atoms with Gasteiger partial charge in [-0.15, -0.1) is 0 Å². The maximum Gasteiger partial charge on any atom is 0.416 e. The van der Waals surface area contributed by atoms with E-state index in [4.69, 9.17) is 0 Å². The highest BCUT2D eigenvalue weighted by molar-refractivity contribution is 8.15. The lowest BCUT2D eigenvalue weighted by atomic mass is 10.1. The van der Waals surface area contributed by atoms with Crippen molar-refractivity contribution in [3.8, 4) is 0 Å². The molecule has 2 aliphatic rings.